The van der Waals surface area contributed by atoms with E-state index in [2.05, 4.69) is 9.98 Å². The summed E-state index contributed by atoms with van der Waals surface area (Å²) in [6.07, 6.45) is 2.05. The Kier molecular flexibility index (Phi) is 11.3. The van der Waals surface area contributed by atoms with Crippen molar-refractivity contribution in [2.75, 3.05) is 6.61 Å². The maximum atomic E-state index is 12.3. The van der Waals surface area contributed by atoms with Gasteiger partial charge in [0.25, 0.3) is 0 Å². The number of aromatic nitrogens is 1. The molecular formula is C31H28CaN2O5. The van der Waals surface area contributed by atoms with Crippen molar-refractivity contribution in [1.82, 2.24) is 4.98 Å². The first-order valence-electron chi connectivity index (χ1n) is 12.3. The minimum atomic E-state index is -1.30. The quantitative estimate of drug-likeness (QED) is 0.161. The number of aliphatic carboxylic acids is 1. The second-order valence-corrected chi connectivity index (χ2v) is 8.81. The van der Waals surface area contributed by atoms with Crippen LogP contribution in [-0.2, 0) is 17.6 Å². The monoisotopic (exact) mass is 548 g/mol. The van der Waals surface area contributed by atoms with Crippen LogP contribution in [0.5, 0.6) is 5.75 Å². The molecule has 1 heterocycles. The van der Waals surface area contributed by atoms with Gasteiger partial charge in [0, 0.05) is 24.1 Å². The normalized spacial score (nSPS) is 12.5. The third-order valence-corrected chi connectivity index (χ3v) is 5.90. The molecule has 0 spiro atoms. The molecule has 0 saturated carbocycles. The summed E-state index contributed by atoms with van der Waals surface area (Å²) >= 11 is 0. The molecule has 0 bridgehead atoms. The SMILES string of the molecule is CC(/C=C(\[O-])c1ccccc1)=N[C@@H](Cc1ccc(OCCc2nc(-c3ccccc3)oc2C)cc1)C(=O)[O-].[Ca+2]. The smallest absolute Gasteiger partial charge is 0.872 e. The van der Waals surface area contributed by atoms with E-state index in [1.165, 1.54) is 6.08 Å². The van der Waals surface area contributed by atoms with Gasteiger partial charge in [-0.25, -0.2) is 4.98 Å². The van der Waals surface area contributed by atoms with Crippen LogP contribution in [0.4, 0.5) is 0 Å². The second-order valence-electron chi connectivity index (χ2n) is 8.81. The summed E-state index contributed by atoms with van der Waals surface area (Å²) in [7, 11) is 0. The van der Waals surface area contributed by atoms with E-state index < -0.39 is 12.0 Å². The zero-order valence-corrected chi connectivity index (χ0v) is 24.2. The predicted molar refractivity (Wildman–Crippen MR) is 148 cm³/mol. The topological polar surface area (TPSA) is 111 Å². The van der Waals surface area contributed by atoms with E-state index in [4.69, 9.17) is 9.15 Å². The van der Waals surface area contributed by atoms with E-state index in [0.29, 0.717) is 35.9 Å². The van der Waals surface area contributed by atoms with Gasteiger partial charge in [0.05, 0.1) is 24.3 Å². The van der Waals surface area contributed by atoms with Gasteiger partial charge >= 0.3 is 37.7 Å². The maximum Gasteiger partial charge on any atom is 2.00 e. The molecule has 39 heavy (non-hydrogen) atoms. The average molecular weight is 549 g/mol. The molecule has 0 fully saturated rings. The van der Waals surface area contributed by atoms with Gasteiger partial charge in [-0.15, -0.1) is 0 Å². The molecule has 0 aliphatic rings. The number of carboxylic acid groups (broad SMARTS) is 1. The molecule has 0 radical (unpaired) electrons. The fourth-order valence-electron chi connectivity index (χ4n) is 3.91. The number of aliphatic imine (C=N–C) groups is 1. The summed E-state index contributed by atoms with van der Waals surface area (Å²) in [5, 5.41) is 24.0. The number of aryl methyl sites for hydroxylation is 1. The number of oxazole rings is 1. The molecule has 4 rings (SSSR count). The number of nitrogens with zero attached hydrogens (tertiary/aromatic N) is 2. The van der Waals surface area contributed by atoms with Crippen molar-refractivity contribution >= 4 is 55.2 Å². The van der Waals surface area contributed by atoms with Crippen molar-refractivity contribution in [2.45, 2.75) is 32.7 Å². The number of hydrogen-bond acceptors (Lipinski definition) is 7. The van der Waals surface area contributed by atoms with E-state index >= 15 is 0 Å². The van der Waals surface area contributed by atoms with Crippen LogP contribution in [0.25, 0.3) is 17.2 Å². The zero-order valence-electron chi connectivity index (χ0n) is 22.0. The standard InChI is InChI=1S/C31H30N2O5.Ca/c1-21(19-29(34)24-9-5-3-6-10-24)32-28(31(35)36)20-23-13-15-26(16-14-23)37-18-17-27-22(2)38-30(33-27)25-11-7-4-8-12-25;/h3-16,19,28,34H,17-18,20H2,1-2H3,(H,35,36);/q;+2/p-2/b29-19-,32-21?;/t28-;/m0./s1. The number of hydrogen-bond donors (Lipinski definition) is 0. The molecule has 7 nitrogen and oxygen atoms in total. The molecule has 0 saturated heterocycles. The predicted octanol–water partition coefficient (Wildman–Crippen LogP) is 3.41. The van der Waals surface area contributed by atoms with Crippen LogP contribution in [0.2, 0.25) is 0 Å². The van der Waals surface area contributed by atoms with E-state index in [-0.39, 0.29) is 49.9 Å². The van der Waals surface area contributed by atoms with Gasteiger partial charge < -0.3 is 24.2 Å². The van der Waals surface area contributed by atoms with Gasteiger partial charge in [0.1, 0.15) is 11.5 Å². The molecule has 4 aromatic rings. The first-order chi connectivity index (χ1) is 18.4. The van der Waals surface area contributed by atoms with Gasteiger partial charge in [-0.2, -0.15) is 0 Å². The number of ether oxygens (including phenoxy) is 1. The Morgan fingerprint density at radius 1 is 1.00 bits per heavy atom. The van der Waals surface area contributed by atoms with E-state index in [1.807, 2.05) is 43.3 Å². The van der Waals surface area contributed by atoms with Gasteiger partial charge in [-0.05, 0) is 55.3 Å². The van der Waals surface area contributed by atoms with Crippen molar-refractivity contribution in [2.24, 2.45) is 4.99 Å². The number of carbonyl (C=O) groups excluding carboxylic acids is 1. The molecule has 0 aliphatic carbocycles. The minimum absolute atomic E-state index is 0. The van der Waals surface area contributed by atoms with Crippen LogP contribution in [0.3, 0.4) is 0 Å². The van der Waals surface area contributed by atoms with Crippen molar-refractivity contribution < 1.29 is 24.2 Å². The maximum absolute atomic E-state index is 12.3. The van der Waals surface area contributed by atoms with Gasteiger partial charge in [-0.1, -0.05) is 66.4 Å². The number of allylic oxidation sites excluding steroid dienone is 1. The Balaban J connectivity index is 0.00000420. The summed E-state index contributed by atoms with van der Waals surface area (Å²) in [4.78, 5) is 20.5. The summed E-state index contributed by atoms with van der Waals surface area (Å²) in [6.45, 7) is 3.90. The third-order valence-electron chi connectivity index (χ3n) is 5.90. The zero-order chi connectivity index (χ0) is 26.9. The Hall–Kier alpha value is -3.39. The van der Waals surface area contributed by atoms with Gasteiger partial charge in [-0.3, -0.25) is 4.99 Å². The molecule has 0 amide bonds. The molecule has 0 aliphatic heterocycles. The fourth-order valence-corrected chi connectivity index (χ4v) is 3.91. The number of rotatable bonds is 11. The average Bonchev–Trinajstić information content (AvgIpc) is 3.30. The van der Waals surface area contributed by atoms with E-state index in [1.54, 1.807) is 55.5 Å². The first kappa shape index (κ1) is 30.2. The second kappa shape index (κ2) is 14.7. The van der Waals surface area contributed by atoms with Crippen LogP contribution in [0.15, 0.2) is 100 Å². The van der Waals surface area contributed by atoms with E-state index in [9.17, 15) is 15.0 Å². The minimum Gasteiger partial charge on any atom is -0.872 e. The molecule has 0 N–H and O–H groups in total. The Morgan fingerprint density at radius 2 is 1.64 bits per heavy atom. The van der Waals surface area contributed by atoms with E-state index in [0.717, 1.165) is 22.6 Å². The molecule has 0 unspecified atom stereocenters. The van der Waals surface area contributed by atoms with Crippen molar-refractivity contribution in [1.29, 1.82) is 0 Å². The largest absolute Gasteiger partial charge is 2.00 e. The molecule has 194 valence electrons. The molecule has 1 atom stereocenters. The molecule has 3 aromatic carbocycles. The summed E-state index contributed by atoms with van der Waals surface area (Å²) in [5.41, 5.74) is 3.36. The Bertz CT molecular complexity index is 1410. The Labute approximate surface area is 257 Å². The van der Waals surface area contributed by atoms with Crippen LogP contribution in [-0.4, -0.2) is 67.1 Å². The third kappa shape index (κ3) is 8.82. The van der Waals surface area contributed by atoms with Gasteiger partial charge in [0.2, 0.25) is 5.89 Å². The first-order valence-corrected chi connectivity index (χ1v) is 12.3. The van der Waals surface area contributed by atoms with Crippen LogP contribution in [0, 0.1) is 6.92 Å². The summed E-state index contributed by atoms with van der Waals surface area (Å²) < 4.78 is 11.7. The molecule has 8 heteroatoms. The number of carbonyl (C=O) groups is 1. The molecule has 1 aromatic heterocycles. The van der Waals surface area contributed by atoms with Crippen LogP contribution in [0.1, 0.15) is 29.5 Å². The van der Waals surface area contributed by atoms with Crippen LogP contribution >= 0.6 is 0 Å². The van der Waals surface area contributed by atoms with Crippen molar-refractivity contribution in [3.63, 3.8) is 0 Å². The van der Waals surface area contributed by atoms with Gasteiger partial charge in [0.15, 0.2) is 0 Å². The number of benzene rings is 3. The van der Waals surface area contributed by atoms with Crippen molar-refractivity contribution in [3.8, 4) is 17.2 Å². The number of carboxylic acids is 1. The Morgan fingerprint density at radius 3 is 2.28 bits per heavy atom. The summed E-state index contributed by atoms with van der Waals surface area (Å²) in [5.74, 6) is 0.467. The van der Waals surface area contributed by atoms with Crippen LogP contribution < -0.4 is 14.9 Å². The fraction of sp³-hybridized carbons (Fsp3) is 0.194. The summed E-state index contributed by atoms with van der Waals surface area (Å²) in [6, 6.07) is 24.5. The molecular weight excluding hydrogens is 520 g/mol. The van der Waals surface area contributed by atoms with Crippen molar-refractivity contribution in [3.05, 3.63) is 114 Å².